The SMILES string of the molecule is C[C@@H](NC(=O)c1ccc(F)nc1)c1nc2c(s1)CCCC2. The third-order valence-corrected chi connectivity index (χ3v) is 4.91. The Morgan fingerprint density at radius 3 is 2.90 bits per heavy atom. The first-order chi connectivity index (χ1) is 10.1. The van der Waals surface area contributed by atoms with Gasteiger partial charge < -0.3 is 5.32 Å². The molecule has 110 valence electrons. The number of hydrogen-bond acceptors (Lipinski definition) is 4. The monoisotopic (exact) mass is 305 g/mol. The molecule has 0 aromatic carbocycles. The van der Waals surface area contributed by atoms with Crippen LogP contribution in [-0.4, -0.2) is 15.9 Å². The fourth-order valence-electron chi connectivity index (χ4n) is 2.41. The molecule has 1 amide bonds. The van der Waals surface area contributed by atoms with E-state index in [1.807, 2.05) is 6.92 Å². The van der Waals surface area contributed by atoms with E-state index in [0.717, 1.165) is 17.8 Å². The van der Waals surface area contributed by atoms with Crippen LogP contribution in [0.15, 0.2) is 18.3 Å². The Hall–Kier alpha value is -1.82. The Morgan fingerprint density at radius 2 is 2.19 bits per heavy atom. The van der Waals surface area contributed by atoms with E-state index < -0.39 is 5.95 Å². The lowest BCUT2D eigenvalue weighted by atomic mass is 10.0. The number of carbonyl (C=O) groups is 1. The molecular formula is C15H16FN3OS. The molecule has 0 saturated heterocycles. The van der Waals surface area contributed by atoms with Crippen molar-refractivity contribution in [1.29, 1.82) is 0 Å². The molecule has 6 heteroatoms. The lowest BCUT2D eigenvalue weighted by molar-refractivity contribution is 0.0939. The first-order valence-electron chi connectivity index (χ1n) is 7.04. The molecule has 0 bridgehead atoms. The van der Waals surface area contributed by atoms with Crippen LogP contribution in [-0.2, 0) is 12.8 Å². The fourth-order valence-corrected chi connectivity index (χ4v) is 3.56. The molecule has 21 heavy (non-hydrogen) atoms. The number of halogens is 1. The minimum atomic E-state index is -0.591. The molecule has 2 heterocycles. The number of thiazole rings is 1. The van der Waals surface area contributed by atoms with Gasteiger partial charge in [-0.3, -0.25) is 4.79 Å². The zero-order valence-corrected chi connectivity index (χ0v) is 12.5. The number of hydrogen-bond donors (Lipinski definition) is 1. The minimum absolute atomic E-state index is 0.154. The second kappa shape index (κ2) is 5.89. The van der Waals surface area contributed by atoms with Crippen molar-refractivity contribution in [2.24, 2.45) is 0 Å². The maximum absolute atomic E-state index is 12.8. The van der Waals surface area contributed by atoms with Crippen LogP contribution in [0.1, 0.15) is 51.7 Å². The minimum Gasteiger partial charge on any atom is -0.343 e. The molecular weight excluding hydrogens is 289 g/mol. The van der Waals surface area contributed by atoms with Crippen LogP contribution in [0, 0.1) is 5.95 Å². The highest BCUT2D eigenvalue weighted by molar-refractivity contribution is 7.11. The molecule has 2 aromatic rings. The fraction of sp³-hybridized carbons (Fsp3) is 0.400. The van der Waals surface area contributed by atoms with Gasteiger partial charge in [-0.25, -0.2) is 9.97 Å². The maximum atomic E-state index is 12.8. The van der Waals surface area contributed by atoms with Crippen molar-refractivity contribution < 1.29 is 9.18 Å². The van der Waals surface area contributed by atoms with E-state index in [2.05, 4.69) is 15.3 Å². The third kappa shape index (κ3) is 3.10. The largest absolute Gasteiger partial charge is 0.343 e. The van der Waals surface area contributed by atoms with E-state index in [1.54, 1.807) is 11.3 Å². The molecule has 0 unspecified atom stereocenters. The molecule has 0 fully saturated rings. The summed E-state index contributed by atoms with van der Waals surface area (Å²) in [6, 6.07) is 2.46. The van der Waals surface area contributed by atoms with Crippen molar-refractivity contribution >= 4 is 17.2 Å². The van der Waals surface area contributed by atoms with E-state index >= 15 is 0 Å². The van der Waals surface area contributed by atoms with E-state index in [4.69, 9.17) is 0 Å². The van der Waals surface area contributed by atoms with Gasteiger partial charge in [0.15, 0.2) is 0 Å². The summed E-state index contributed by atoms with van der Waals surface area (Å²) in [5.41, 5.74) is 1.54. The van der Waals surface area contributed by atoms with Crippen molar-refractivity contribution in [1.82, 2.24) is 15.3 Å². The average molecular weight is 305 g/mol. The summed E-state index contributed by atoms with van der Waals surface area (Å²) in [4.78, 5) is 21.6. The van der Waals surface area contributed by atoms with Gasteiger partial charge in [-0.15, -0.1) is 11.3 Å². The topological polar surface area (TPSA) is 54.9 Å². The highest BCUT2D eigenvalue weighted by Gasteiger charge is 2.20. The lowest BCUT2D eigenvalue weighted by Gasteiger charge is -2.10. The van der Waals surface area contributed by atoms with Crippen LogP contribution >= 0.6 is 11.3 Å². The smallest absolute Gasteiger partial charge is 0.253 e. The third-order valence-electron chi connectivity index (χ3n) is 3.57. The van der Waals surface area contributed by atoms with Gasteiger partial charge in [0.1, 0.15) is 5.01 Å². The van der Waals surface area contributed by atoms with Gasteiger partial charge in [0.05, 0.1) is 17.3 Å². The average Bonchev–Trinajstić information content (AvgIpc) is 2.92. The molecule has 0 aliphatic heterocycles. The first kappa shape index (κ1) is 14.1. The van der Waals surface area contributed by atoms with Crippen LogP contribution in [0.2, 0.25) is 0 Å². The second-order valence-electron chi connectivity index (χ2n) is 5.19. The van der Waals surface area contributed by atoms with E-state index in [9.17, 15) is 9.18 Å². The maximum Gasteiger partial charge on any atom is 0.253 e. The lowest BCUT2D eigenvalue weighted by Crippen LogP contribution is -2.26. The summed E-state index contributed by atoms with van der Waals surface area (Å²) in [6.07, 6.45) is 5.78. The van der Waals surface area contributed by atoms with Gasteiger partial charge in [-0.05, 0) is 44.7 Å². The van der Waals surface area contributed by atoms with Gasteiger partial charge >= 0.3 is 0 Å². The van der Waals surface area contributed by atoms with Gasteiger partial charge in [0, 0.05) is 11.1 Å². The molecule has 0 saturated carbocycles. The predicted molar refractivity (Wildman–Crippen MR) is 78.8 cm³/mol. The molecule has 1 aliphatic rings. The number of rotatable bonds is 3. The summed E-state index contributed by atoms with van der Waals surface area (Å²) in [7, 11) is 0. The summed E-state index contributed by atoms with van der Waals surface area (Å²) < 4.78 is 12.8. The van der Waals surface area contributed by atoms with Crippen molar-refractivity contribution in [3.8, 4) is 0 Å². The molecule has 0 spiro atoms. The van der Waals surface area contributed by atoms with E-state index in [0.29, 0.717) is 5.56 Å². The number of nitrogens with zero attached hydrogens (tertiary/aromatic N) is 2. The number of carbonyl (C=O) groups excluding carboxylic acids is 1. The standard InChI is InChI=1S/C15H16FN3OS/c1-9(15-19-11-4-2-3-5-12(11)21-15)18-14(20)10-6-7-13(16)17-8-10/h6-9H,2-5H2,1H3,(H,18,20)/t9-/m1/s1. The number of amides is 1. The Balaban J connectivity index is 1.70. The van der Waals surface area contributed by atoms with E-state index in [1.165, 1.54) is 41.7 Å². The Bertz CT molecular complexity index is 630. The van der Waals surface area contributed by atoms with Gasteiger partial charge in [0.25, 0.3) is 5.91 Å². The van der Waals surface area contributed by atoms with E-state index in [-0.39, 0.29) is 11.9 Å². The summed E-state index contributed by atoms with van der Waals surface area (Å²) in [6.45, 7) is 1.92. The molecule has 2 aromatic heterocycles. The van der Waals surface area contributed by atoms with Crippen LogP contribution < -0.4 is 5.32 Å². The number of aromatic nitrogens is 2. The van der Waals surface area contributed by atoms with Crippen molar-refractivity contribution in [3.05, 3.63) is 45.4 Å². The number of fused-ring (bicyclic) bond motifs is 1. The van der Waals surface area contributed by atoms with Crippen molar-refractivity contribution in [3.63, 3.8) is 0 Å². The van der Waals surface area contributed by atoms with Crippen molar-refractivity contribution in [2.45, 2.75) is 38.6 Å². The van der Waals surface area contributed by atoms with Gasteiger partial charge in [0.2, 0.25) is 5.95 Å². The first-order valence-corrected chi connectivity index (χ1v) is 7.86. The quantitative estimate of drug-likeness (QED) is 0.887. The molecule has 1 N–H and O–H groups in total. The number of aryl methyl sites for hydroxylation is 2. The Labute approximate surface area is 126 Å². The summed E-state index contributed by atoms with van der Waals surface area (Å²) >= 11 is 1.68. The molecule has 0 radical (unpaired) electrons. The van der Waals surface area contributed by atoms with Gasteiger partial charge in [-0.1, -0.05) is 0 Å². The zero-order valence-electron chi connectivity index (χ0n) is 11.7. The van der Waals surface area contributed by atoms with Crippen LogP contribution in [0.5, 0.6) is 0 Å². The number of pyridine rings is 1. The van der Waals surface area contributed by atoms with Crippen LogP contribution in [0.3, 0.4) is 0 Å². The molecule has 1 atom stereocenters. The highest BCUT2D eigenvalue weighted by Crippen LogP contribution is 2.29. The highest BCUT2D eigenvalue weighted by atomic mass is 32.1. The summed E-state index contributed by atoms with van der Waals surface area (Å²) in [5.74, 6) is -0.852. The molecule has 4 nitrogen and oxygen atoms in total. The second-order valence-corrected chi connectivity index (χ2v) is 6.31. The normalized spacial score (nSPS) is 15.3. The Morgan fingerprint density at radius 1 is 1.38 bits per heavy atom. The zero-order chi connectivity index (χ0) is 14.8. The molecule has 3 rings (SSSR count). The predicted octanol–water partition coefficient (Wildman–Crippen LogP) is 3.05. The number of nitrogens with one attached hydrogen (secondary N) is 1. The van der Waals surface area contributed by atoms with Crippen molar-refractivity contribution in [2.75, 3.05) is 0 Å². The van der Waals surface area contributed by atoms with Crippen LogP contribution in [0.4, 0.5) is 4.39 Å². The summed E-state index contributed by atoms with van der Waals surface area (Å²) in [5, 5.41) is 3.82. The Kier molecular flexibility index (Phi) is 3.96. The van der Waals surface area contributed by atoms with Crippen LogP contribution in [0.25, 0.3) is 0 Å². The van der Waals surface area contributed by atoms with Gasteiger partial charge in [-0.2, -0.15) is 4.39 Å². The molecule has 1 aliphatic carbocycles.